The Bertz CT molecular complexity index is 531. The average molecular weight is 229 g/mol. The Morgan fingerprint density at radius 1 is 1.29 bits per heavy atom. The van der Waals surface area contributed by atoms with Crippen LogP contribution in [0.25, 0.3) is 6.08 Å². The highest BCUT2D eigenvalue weighted by Crippen LogP contribution is 2.23. The normalized spacial score (nSPS) is 16.5. The van der Waals surface area contributed by atoms with Gasteiger partial charge in [0.1, 0.15) is 6.26 Å². The Balaban J connectivity index is 1.71. The number of nitrogens with one attached hydrogen (secondary N) is 1. The lowest BCUT2D eigenvalue weighted by Gasteiger charge is -2.05. The van der Waals surface area contributed by atoms with E-state index in [0.29, 0.717) is 0 Å². The van der Waals surface area contributed by atoms with E-state index in [9.17, 15) is 4.79 Å². The largest absolute Gasteiger partial charge is 0.461 e. The zero-order chi connectivity index (χ0) is 11.7. The molecule has 17 heavy (non-hydrogen) atoms. The second-order valence-electron chi connectivity index (χ2n) is 3.91. The summed E-state index contributed by atoms with van der Waals surface area (Å²) in [5.74, 6) is -0.0385. The minimum Gasteiger partial charge on any atom is -0.461 e. The molecule has 1 aromatic carbocycles. The van der Waals surface area contributed by atoms with Gasteiger partial charge in [-0.15, -0.1) is 0 Å². The maximum Gasteiger partial charge on any atom is 0.293 e. The first-order valence-corrected chi connectivity index (χ1v) is 5.37. The summed E-state index contributed by atoms with van der Waals surface area (Å²) >= 11 is 0. The maximum atomic E-state index is 11.7. The third-order valence-corrected chi connectivity index (χ3v) is 2.74. The molecule has 4 heteroatoms. The summed E-state index contributed by atoms with van der Waals surface area (Å²) in [5.41, 5.74) is 3.26. The van der Waals surface area contributed by atoms with Crippen LogP contribution in [-0.4, -0.2) is 12.7 Å². The molecule has 0 fully saturated rings. The van der Waals surface area contributed by atoms with E-state index in [1.54, 1.807) is 0 Å². The molecule has 0 radical (unpaired) electrons. The second kappa shape index (κ2) is 3.97. The summed E-state index contributed by atoms with van der Waals surface area (Å²) in [6.07, 6.45) is 4.05. The van der Waals surface area contributed by atoms with Crippen LogP contribution in [0, 0.1) is 0 Å². The molecule has 0 aromatic heterocycles. The molecule has 2 aliphatic rings. The number of carbonyl (C=O) groups excluding carboxylic acids is 1. The molecule has 0 saturated carbocycles. The number of amides is 1. The third kappa shape index (κ3) is 1.89. The molecular formula is C13H11NO3. The number of hydrogen-bond donors (Lipinski definition) is 1. The highest BCUT2D eigenvalue weighted by atomic mass is 16.7. The van der Waals surface area contributed by atoms with Crippen LogP contribution in [-0.2, 0) is 20.7 Å². The molecule has 1 aromatic rings. The lowest BCUT2D eigenvalue weighted by atomic mass is 10.1. The van der Waals surface area contributed by atoms with Crippen molar-refractivity contribution < 1.29 is 14.3 Å². The van der Waals surface area contributed by atoms with Crippen molar-refractivity contribution in [1.82, 2.24) is 5.32 Å². The quantitative estimate of drug-likeness (QED) is 0.836. The van der Waals surface area contributed by atoms with E-state index in [2.05, 4.69) is 11.4 Å². The topological polar surface area (TPSA) is 47.6 Å². The first-order valence-electron chi connectivity index (χ1n) is 5.37. The smallest absolute Gasteiger partial charge is 0.293 e. The van der Waals surface area contributed by atoms with E-state index in [1.807, 2.05) is 24.3 Å². The van der Waals surface area contributed by atoms with E-state index < -0.39 is 0 Å². The Kier molecular flexibility index (Phi) is 2.33. The molecular weight excluding hydrogens is 218 g/mol. The standard InChI is InChI=1S/C13H11NO3/c15-13(12-7-16-8-17-12)14-11-5-9-3-1-2-4-10(9)6-11/h1-5,7H,6,8H2,(H,14,15). The first kappa shape index (κ1) is 9.96. The van der Waals surface area contributed by atoms with E-state index in [-0.39, 0.29) is 18.5 Å². The number of ether oxygens (including phenoxy) is 2. The Labute approximate surface area is 98.5 Å². The third-order valence-electron chi connectivity index (χ3n) is 2.74. The molecule has 1 amide bonds. The predicted octanol–water partition coefficient (Wildman–Crippen LogP) is 1.55. The molecule has 4 nitrogen and oxygen atoms in total. The van der Waals surface area contributed by atoms with Gasteiger partial charge < -0.3 is 14.8 Å². The zero-order valence-electron chi connectivity index (χ0n) is 9.10. The Morgan fingerprint density at radius 2 is 2.18 bits per heavy atom. The van der Waals surface area contributed by atoms with Crippen LogP contribution in [0.1, 0.15) is 11.1 Å². The van der Waals surface area contributed by atoms with E-state index >= 15 is 0 Å². The van der Waals surface area contributed by atoms with Crippen LogP contribution in [0.2, 0.25) is 0 Å². The molecule has 0 saturated heterocycles. The highest BCUT2D eigenvalue weighted by Gasteiger charge is 2.19. The summed E-state index contributed by atoms with van der Waals surface area (Å²) in [6, 6.07) is 8.06. The fourth-order valence-electron chi connectivity index (χ4n) is 1.93. The first-order chi connectivity index (χ1) is 8.33. The molecule has 86 valence electrons. The molecule has 0 atom stereocenters. The summed E-state index contributed by atoms with van der Waals surface area (Å²) in [7, 11) is 0. The summed E-state index contributed by atoms with van der Waals surface area (Å²) < 4.78 is 9.84. The fourth-order valence-corrected chi connectivity index (χ4v) is 1.93. The van der Waals surface area contributed by atoms with Gasteiger partial charge in [0.05, 0.1) is 0 Å². The molecule has 1 N–H and O–H groups in total. The van der Waals surface area contributed by atoms with Gasteiger partial charge in [0, 0.05) is 12.1 Å². The SMILES string of the molecule is O=C(NC1=Cc2ccccc2C1)C1=COCO1. The lowest BCUT2D eigenvalue weighted by molar-refractivity contribution is -0.120. The molecule has 0 bridgehead atoms. The van der Waals surface area contributed by atoms with Gasteiger partial charge in [-0.25, -0.2) is 0 Å². The Hall–Kier alpha value is -2.23. The van der Waals surface area contributed by atoms with Gasteiger partial charge in [0.15, 0.2) is 0 Å². The van der Waals surface area contributed by atoms with Crippen LogP contribution in [0.5, 0.6) is 0 Å². The lowest BCUT2D eigenvalue weighted by Crippen LogP contribution is -2.24. The van der Waals surface area contributed by atoms with E-state index in [1.165, 1.54) is 11.8 Å². The number of carbonyl (C=O) groups is 1. The highest BCUT2D eigenvalue weighted by molar-refractivity contribution is 5.93. The zero-order valence-corrected chi connectivity index (χ0v) is 9.10. The molecule has 1 aliphatic heterocycles. The van der Waals surface area contributed by atoms with Crippen molar-refractivity contribution in [2.24, 2.45) is 0 Å². The number of hydrogen-bond acceptors (Lipinski definition) is 3. The fraction of sp³-hybridized carbons (Fsp3) is 0.154. The van der Waals surface area contributed by atoms with Crippen molar-refractivity contribution >= 4 is 12.0 Å². The number of fused-ring (bicyclic) bond motifs is 1. The summed E-state index contributed by atoms with van der Waals surface area (Å²) in [4.78, 5) is 11.7. The van der Waals surface area contributed by atoms with Crippen LogP contribution in [0.3, 0.4) is 0 Å². The van der Waals surface area contributed by atoms with Crippen molar-refractivity contribution in [3.05, 3.63) is 53.1 Å². The number of rotatable bonds is 2. The average Bonchev–Trinajstić information content (AvgIpc) is 2.97. The molecule has 3 rings (SSSR count). The van der Waals surface area contributed by atoms with Gasteiger partial charge in [-0.1, -0.05) is 24.3 Å². The summed E-state index contributed by atoms with van der Waals surface area (Å²) in [5, 5.41) is 2.82. The van der Waals surface area contributed by atoms with Crippen molar-refractivity contribution in [1.29, 1.82) is 0 Å². The van der Waals surface area contributed by atoms with Gasteiger partial charge in [0.25, 0.3) is 5.91 Å². The predicted molar refractivity (Wildman–Crippen MR) is 61.4 cm³/mol. The van der Waals surface area contributed by atoms with Gasteiger partial charge in [-0.3, -0.25) is 4.79 Å². The van der Waals surface area contributed by atoms with Gasteiger partial charge >= 0.3 is 0 Å². The van der Waals surface area contributed by atoms with Crippen molar-refractivity contribution in [3.63, 3.8) is 0 Å². The molecule has 1 heterocycles. The number of allylic oxidation sites excluding steroid dienone is 1. The maximum absolute atomic E-state index is 11.7. The monoisotopic (exact) mass is 229 g/mol. The van der Waals surface area contributed by atoms with Crippen LogP contribution < -0.4 is 5.32 Å². The minimum atomic E-state index is -0.262. The second-order valence-corrected chi connectivity index (χ2v) is 3.91. The van der Waals surface area contributed by atoms with Crippen molar-refractivity contribution in [2.45, 2.75) is 6.42 Å². The van der Waals surface area contributed by atoms with Crippen LogP contribution in [0.4, 0.5) is 0 Å². The van der Waals surface area contributed by atoms with Crippen molar-refractivity contribution in [2.75, 3.05) is 6.79 Å². The molecule has 1 aliphatic carbocycles. The van der Waals surface area contributed by atoms with Crippen LogP contribution >= 0.6 is 0 Å². The Morgan fingerprint density at radius 3 is 2.94 bits per heavy atom. The van der Waals surface area contributed by atoms with Gasteiger partial charge in [-0.2, -0.15) is 0 Å². The van der Waals surface area contributed by atoms with E-state index in [4.69, 9.17) is 9.47 Å². The minimum absolute atomic E-state index is 0.113. The van der Waals surface area contributed by atoms with Gasteiger partial charge in [-0.05, 0) is 17.2 Å². The molecule has 0 spiro atoms. The number of benzene rings is 1. The van der Waals surface area contributed by atoms with Gasteiger partial charge in [0.2, 0.25) is 12.6 Å². The molecule has 0 unspecified atom stereocenters. The van der Waals surface area contributed by atoms with Crippen molar-refractivity contribution in [3.8, 4) is 0 Å². The van der Waals surface area contributed by atoms with E-state index in [0.717, 1.165) is 17.7 Å². The summed E-state index contributed by atoms with van der Waals surface area (Å²) in [6.45, 7) is 0.113. The van der Waals surface area contributed by atoms with Crippen LogP contribution in [0.15, 0.2) is 42.0 Å².